The second kappa shape index (κ2) is 17.6. The lowest BCUT2D eigenvalue weighted by Crippen LogP contribution is -2.26. The van der Waals surface area contributed by atoms with Gasteiger partial charge in [0.2, 0.25) is 0 Å². The molecule has 0 fully saturated rings. The second-order valence-corrected chi connectivity index (χ2v) is 5.23. The number of rotatable bonds is 19. The normalized spacial score (nSPS) is 13.0. The highest BCUT2D eigenvalue weighted by atomic mass is 16.9. The molecule has 0 spiro atoms. The van der Waals surface area contributed by atoms with E-state index in [0.29, 0.717) is 18.1 Å². The molecule has 0 saturated heterocycles. The Labute approximate surface area is 161 Å². The summed E-state index contributed by atoms with van der Waals surface area (Å²) in [6, 6.07) is 0. The van der Waals surface area contributed by atoms with E-state index in [4.69, 9.17) is 23.8 Å². The van der Waals surface area contributed by atoms with Crippen molar-refractivity contribution in [3.63, 3.8) is 0 Å². The molecule has 0 aliphatic heterocycles. The number of hydrogen-bond donors (Lipinski definition) is 0. The summed E-state index contributed by atoms with van der Waals surface area (Å²) in [4.78, 5) is 16.5. The quantitative estimate of drug-likeness (QED) is 0.110. The molecule has 0 aromatic rings. The van der Waals surface area contributed by atoms with E-state index in [2.05, 4.69) is 26.3 Å². The van der Waals surface area contributed by atoms with Crippen LogP contribution >= 0.6 is 0 Å². The lowest BCUT2D eigenvalue weighted by atomic mass is 10.2. The number of nitrogens with zero attached hydrogens (tertiary/aromatic N) is 1. The van der Waals surface area contributed by atoms with E-state index in [1.165, 1.54) is 12.2 Å². The number of esters is 1. The van der Waals surface area contributed by atoms with Crippen molar-refractivity contribution in [3.8, 4) is 0 Å². The molecule has 2 unspecified atom stereocenters. The summed E-state index contributed by atoms with van der Waals surface area (Å²) < 4.78 is 20.6. The summed E-state index contributed by atoms with van der Waals surface area (Å²) in [7, 11) is 0. The number of carbonyl (C=O) groups excluding carboxylic acids is 1. The average molecular weight is 384 g/mol. The summed E-state index contributed by atoms with van der Waals surface area (Å²) in [5.41, 5.74) is 0. The molecule has 0 aromatic heterocycles. The Hall–Kier alpha value is -1.81. The van der Waals surface area contributed by atoms with E-state index in [0.717, 1.165) is 0 Å². The van der Waals surface area contributed by atoms with E-state index in [-0.39, 0.29) is 39.8 Å². The highest BCUT2D eigenvalue weighted by Crippen LogP contribution is 2.03. The van der Waals surface area contributed by atoms with E-state index in [9.17, 15) is 10.0 Å². The molecule has 0 aliphatic carbocycles. The Balaban J connectivity index is 3.55. The number of hydrogen-bond acceptors (Lipinski definition) is 8. The van der Waals surface area contributed by atoms with Gasteiger partial charge in [-0.15, -0.1) is 19.7 Å². The monoisotopic (exact) mass is 384 g/mol. The number of carbonyl (C=O) groups is 1. The lowest BCUT2D eigenvalue weighted by molar-refractivity contribution is -0.196. The molecule has 154 valence electrons. The van der Waals surface area contributed by atoms with Crippen LogP contribution in [0.1, 0.15) is 12.8 Å². The number of hydroxylamine groups is 2. The van der Waals surface area contributed by atoms with Crippen LogP contribution in [-0.2, 0) is 28.6 Å². The van der Waals surface area contributed by atoms with Crippen LogP contribution < -0.4 is 0 Å². The summed E-state index contributed by atoms with van der Waals surface area (Å²) >= 11 is 0. The van der Waals surface area contributed by atoms with Crippen LogP contribution in [0.4, 0.5) is 0 Å². The zero-order valence-electron chi connectivity index (χ0n) is 15.8. The topological polar surface area (TPSA) is 89.5 Å². The lowest BCUT2D eigenvalue weighted by Gasteiger charge is -2.29. The van der Waals surface area contributed by atoms with Gasteiger partial charge in [0.05, 0.1) is 32.5 Å². The molecule has 0 heterocycles. The summed E-state index contributed by atoms with van der Waals surface area (Å²) in [5, 5.41) is 11.8. The largest absolute Gasteiger partial charge is 0.760 e. The van der Waals surface area contributed by atoms with Gasteiger partial charge in [0.25, 0.3) is 0 Å². The fourth-order valence-electron chi connectivity index (χ4n) is 1.72. The predicted molar refractivity (Wildman–Crippen MR) is 102 cm³/mol. The van der Waals surface area contributed by atoms with Crippen molar-refractivity contribution in [2.75, 3.05) is 39.8 Å². The van der Waals surface area contributed by atoms with Gasteiger partial charge >= 0.3 is 5.97 Å². The zero-order chi connectivity index (χ0) is 20.3. The van der Waals surface area contributed by atoms with E-state index >= 15 is 0 Å². The number of ether oxygens (including phenoxy) is 4. The SMILES string of the molecule is C=CCC(C=C)OC(=O)COCCOCCOCN([O-])OC(C=C)CC=C. The molecular formula is C19H30NO7-. The van der Waals surface area contributed by atoms with Gasteiger partial charge in [-0.2, -0.15) is 0 Å². The molecule has 0 amide bonds. The zero-order valence-corrected chi connectivity index (χ0v) is 15.8. The predicted octanol–water partition coefficient (Wildman–Crippen LogP) is 2.53. The van der Waals surface area contributed by atoms with E-state index in [1.807, 2.05) is 0 Å². The molecule has 0 saturated carbocycles. The first-order valence-corrected chi connectivity index (χ1v) is 8.58. The molecule has 0 aromatic carbocycles. The molecule has 8 heteroatoms. The van der Waals surface area contributed by atoms with Crippen molar-refractivity contribution in [3.05, 3.63) is 55.8 Å². The average Bonchev–Trinajstić information content (AvgIpc) is 2.65. The second-order valence-electron chi connectivity index (χ2n) is 5.23. The first-order valence-electron chi connectivity index (χ1n) is 8.58. The van der Waals surface area contributed by atoms with Crippen LogP contribution in [0.5, 0.6) is 0 Å². The highest BCUT2D eigenvalue weighted by Gasteiger charge is 2.09. The Morgan fingerprint density at radius 2 is 1.44 bits per heavy atom. The van der Waals surface area contributed by atoms with Gasteiger partial charge in [-0.25, -0.2) is 10.0 Å². The molecule has 27 heavy (non-hydrogen) atoms. The van der Waals surface area contributed by atoms with Gasteiger partial charge in [0.15, 0.2) is 0 Å². The smallest absolute Gasteiger partial charge is 0.332 e. The van der Waals surface area contributed by atoms with Crippen molar-refractivity contribution >= 4 is 5.97 Å². The van der Waals surface area contributed by atoms with E-state index < -0.39 is 18.2 Å². The standard InChI is InChI=1S/C19H30NO7/c1-5-9-17(7-3)26-19(21)15-24-13-11-23-12-14-25-16-20(22)27-18(8-4)10-6-2/h5-8,17-18H,1-4,9-16H2/q-1. The molecule has 8 nitrogen and oxygen atoms in total. The minimum absolute atomic E-state index is 0.168. The van der Waals surface area contributed by atoms with Crippen molar-refractivity contribution in [2.24, 2.45) is 0 Å². The van der Waals surface area contributed by atoms with Gasteiger partial charge < -0.3 is 29.0 Å². The Morgan fingerprint density at radius 3 is 2.04 bits per heavy atom. The minimum atomic E-state index is -0.477. The first-order chi connectivity index (χ1) is 13.1. The van der Waals surface area contributed by atoms with Gasteiger partial charge in [-0.05, 0) is 6.42 Å². The third-order valence-corrected chi connectivity index (χ3v) is 3.02. The fraction of sp³-hybridized carbons (Fsp3) is 0.526. The van der Waals surface area contributed by atoms with Crippen molar-refractivity contribution in [2.45, 2.75) is 25.0 Å². The Bertz CT molecular complexity index is 442. The van der Waals surface area contributed by atoms with Crippen LogP contribution in [0.3, 0.4) is 0 Å². The van der Waals surface area contributed by atoms with Crippen molar-refractivity contribution < 1.29 is 28.6 Å². The van der Waals surface area contributed by atoms with Crippen LogP contribution in [-0.4, -0.2) is 63.2 Å². The first kappa shape index (κ1) is 25.2. The van der Waals surface area contributed by atoms with Crippen LogP contribution in [0.2, 0.25) is 0 Å². The Morgan fingerprint density at radius 1 is 0.889 bits per heavy atom. The van der Waals surface area contributed by atoms with Crippen LogP contribution in [0, 0.1) is 5.21 Å². The van der Waals surface area contributed by atoms with Gasteiger partial charge in [-0.3, -0.25) is 0 Å². The van der Waals surface area contributed by atoms with E-state index in [1.54, 1.807) is 12.2 Å². The summed E-state index contributed by atoms with van der Waals surface area (Å²) in [5.74, 6) is -0.477. The summed E-state index contributed by atoms with van der Waals surface area (Å²) in [6.45, 7) is 14.9. The molecular weight excluding hydrogens is 354 g/mol. The maximum Gasteiger partial charge on any atom is 0.332 e. The van der Waals surface area contributed by atoms with Gasteiger partial charge in [0, 0.05) is 6.42 Å². The third kappa shape index (κ3) is 15.0. The molecule has 0 N–H and O–H groups in total. The van der Waals surface area contributed by atoms with Crippen molar-refractivity contribution in [1.29, 1.82) is 0 Å². The summed E-state index contributed by atoms with van der Waals surface area (Å²) in [6.07, 6.45) is 6.51. The van der Waals surface area contributed by atoms with Crippen LogP contribution in [0.25, 0.3) is 0 Å². The minimum Gasteiger partial charge on any atom is -0.760 e. The highest BCUT2D eigenvalue weighted by molar-refractivity contribution is 5.71. The maximum atomic E-state index is 11.5. The molecule has 0 radical (unpaired) electrons. The Kier molecular flexibility index (Phi) is 16.4. The van der Waals surface area contributed by atoms with Gasteiger partial charge in [-0.1, -0.05) is 30.9 Å². The molecule has 0 aliphatic rings. The maximum absolute atomic E-state index is 11.5. The molecule has 0 rings (SSSR count). The third-order valence-electron chi connectivity index (χ3n) is 3.02. The van der Waals surface area contributed by atoms with Crippen LogP contribution in [0.15, 0.2) is 50.6 Å². The molecule has 2 atom stereocenters. The van der Waals surface area contributed by atoms with Gasteiger partial charge in [0.1, 0.15) is 19.4 Å². The fourth-order valence-corrected chi connectivity index (χ4v) is 1.72. The van der Waals surface area contributed by atoms with Crippen molar-refractivity contribution in [1.82, 2.24) is 5.23 Å². The molecule has 0 bridgehead atoms.